The lowest BCUT2D eigenvalue weighted by Crippen LogP contribution is -2.18. The lowest BCUT2D eigenvalue weighted by atomic mass is 9.89. The molecule has 2 aromatic rings. The second-order valence-corrected chi connectivity index (χ2v) is 4.37. The molecule has 0 aliphatic heterocycles. The van der Waals surface area contributed by atoms with Gasteiger partial charge in [0.25, 0.3) is 0 Å². The molecule has 0 bridgehead atoms. The number of H-pyrrole nitrogens is 1. The van der Waals surface area contributed by atoms with Crippen molar-refractivity contribution in [3.05, 3.63) is 41.5 Å². The minimum Gasteiger partial charge on any atom is -0.399 e. The average Bonchev–Trinajstić information content (AvgIpc) is 2.85. The SMILES string of the molecule is CCC(c1ncc[nH]1)c1c(N)cc(N)cc1C(N)=O. The highest BCUT2D eigenvalue weighted by Gasteiger charge is 2.23. The van der Waals surface area contributed by atoms with Gasteiger partial charge in [0.1, 0.15) is 5.82 Å². The van der Waals surface area contributed by atoms with Gasteiger partial charge < -0.3 is 22.2 Å². The molecule has 0 spiro atoms. The van der Waals surface area contributed by atoms with Crippen LogP contribution in [0.3, 0.4) is 0 Å². The van der Waals surface area contributed by atoms with E-state index in [1.807, 2.05) is 6.92 Å². The van der Waals surface area contributed by atoms with Crippen LogP contribution in [0, 0.1) is 0 Å². The number of hydrogen-bond acceptors (Lipinski definition) is 4. The number of primary amides is 1. The molecule has 100 valence electrons. The lowest BCUT2D eigenvalue weighted by molar-refractivity contribution is 0.0999. The van der Waals surface area contributed by atoms with Gasteiger partial charge in [-0.05, 0) is 24.1 Å². The largest absolute Gasteiger partial charge is 0.399 e. The van der Waals surface area contributed by atoms with Crippen molar-refractivity contribution in [1.29, 1.82) is 0 Å². The molecule has 6 heteroatoms. The molecule has 7 N–H and O–H groups in total. The highest BCUT2D eigenvalue weighted by molar-refractivity contribution is 5.97. The van der Waals surface area contributed by atoms with Gasteiger partial charge in [-0.15, -0.1) is 0 Å². The van der Waals surface area contributed by atoms with E-state index in [1.165, 1.54) is 0 Å². The van der Waals surface area contributed by atoms with Crippen LogP contribution < -0.4 is 17.2 Å². The summed E-state index contributed by atoms with van der Waals surface area (Å²) >= 11 is 0. The molecule has 0 aliphatic carbocycles. The van der Waals surface area contributed by atoms with Crippen LogP contribution in [-0.2, 0) is 0 Å². The van der Waals surface area contributed by atoms with E-state index in [2.05, 4.69) is 9.97 Å². The van der Waals surface area contributed by atoms with E-state index in [9.17, 15) is 4.79 Å². The van der Waals surface area contributed by atoms with Crippen LogP contribution in [0.2, 0.25) is 0 Å². The van der Waals surface area contributed by atoms with E-state index >= 15 is 0 Å². The van der Waals surface area contributed by atoms with Crippen LogP contribution in [0.1, 0.15) is 41.0 Å². The van der Waals surface area contributed by atoms with Gasteiger partial charge in [-0.2, -0.15) is 0 Å². The molecule has 0 aliphatic rings. The Morgan fingerprint density at radius 2 is 2.16 bits per heavy atom. The third-order valence-electron chi connectivity index (χ3n) is 3.11. The maximum Gasteiger partial charge on any atom is 0.249 e. The summed E-state index contributed by atoms with van der Waals surface area (Å²) in [5.41, 5.74) is 19.0. The first-order chi connectivity index (χ1) is 9.04. The van der Waals surface area contributed by atoms with Crippen molar-refractivity contribution in [3.63, 3.8) is 0 Å². The Morgan fingerprint density at radius 3 is 2.68 bits per heavy atom. The van der Waals surface area contributed by atoms with Crippen LogP contribution in [0.25, 0.3) is 0 Å². The van der Waals surface area contributed by atoms with Crippen LogP contribution >= 0.6 is 0 Å². The minimum atomic E-state index is -0.543. The Labute approximate surface area is 111 Å². The van der Waals surface area contributed by atoms with E-state index in [0.717, 1.165) is 12.2 Å². The number of aromatic nitrogens is 2. The molecule has 1 aromatic carbocycles. The zero-order valence-corrected chi connectivity index (χ0v) is 10.7. The molecular formula is C13H17N5O. The van der Waals surface area contributed by atoms with Crippen LogP contribution in [0.4, 0.5) is 11.4 Å². The Kier molecular flexibility index (Phi) is 3.41. The number of amides is 1. The predicted octanol–water partition coefficient (Wildman–Crippen LogP) is 1.21. The zero-order chi connectivity index (χ0) is 14.0. The molecule has 0 fully saturated rings. The van der Waals surface area contributed by atoms with Crippen LogP contribution in [0.15, 0.2) is 24.5 Å². The summed E-state index contributed by atoms with van der Waals surface area (Å²) in [5.74, 6) is 0.0959. The summed E-state index contributed by atoms with van der Waals surface area (Å²) in [6.45, 7) is 1.99. The number of hydrogen-bond donors (Lipinski definition) is 4. The molecule has 1 atom stereocenters. The van der Waals surface area contributed by atoms with Crippen LogP contribution in [0.5, 0.6) is 0 Å². The summed E-state index contributed by atoms with van der Waals surface area (Å²) in [6, 6.07) is 3.19. The van der Waals surface area contributed by atoms with Gasteiger partial charge in [-0.25, -0.2) is 4.98 Å². The quantitative estimate of drug-likeness (QED) is 0.616. The highest BCUT2D eigenvalue weighted by atomic mass is 16.1. The number of anilines is 2. The topological polar surface area (TPSA) is 124 Å². The third-order valence-corrected chi connectivity index (χ3v) is 3.11. The monoisotopic (exact) mass is 259 g/mol. The van der Waals surface area contributed by atoms with Gasteiger partial charge in [0.05, 0.1) is 0 Å². The summed E-state index contributed by atoms with van der Waals surface area (Å²) < 4.78 is 0. The molecular weight excluding hydrogens is 242 g/mol. The molecule has 1 unspecified atom stereocenters. The predicted molar refractivity (Wildman–Crippen MR) is 74.5 cm³/mol. The van der Waals surface area contributed by atoms with Gasteiger partial charge in [-0.3, -0.25) is 4.79 Å². The minimum absolute atomic E-state index is 0.113. The number of nitrogens with one attached hydrogen (secondary N) is 1. The average molecular weight is 259 g/mol. The van der Waals surface area contributed by atoms with Gasteiger partial charge in [0.15, 0.2) is 0 Å². The number of nitrogens with zero attached hydrogens (tertiary/aromatic N) is 1. The molecule has 2 rings (SSSR count). The number of imidazole rings is 1. The molecule has 1 amide bonds. The number of nitrogens with two attached hydrogens (primary N) is 3. The van der Waals surface area contributed by atoms with E-state index < -0.39 is 5.91 Å². The Balaban J connectivity index is 2.63. The second kappa shape index (κ2) is 5.01. The first kappa shape index (κ1) is 12.9. The number of nitrogen functional groups attached to an aromatic ring is 2. The summed E-state index contributed by atoms with van der Waals surface area (Å²) in [6.07, 6.45) is 4.13. The third kappa shape index (κ3) is 2.37. The number of benzene rings is 1. The van der Waals surface area contributed by atoms with Crippen molar-refractivity contribution in [2.45, 2.75) is 19.3 Å². The number of rotatable bonds is 4. The summed E-state index contributed by atoms with van der Waals surface area (Å²) in [7, 11) is 0. The van der Waals surface area contributed by atoms with E-state index in [0.29, 0.717) is 22.5 Å². The standard InChI is InChI=1S/C13H17N5O/c1-2-8(13-17-3-4-18-13)11-9(12(16)19)5-7(14)6-10(11)15/h3-6,8H,2,14-15H2,1H3,(H2,16,19)(H,17,18). The molecule has 6 nitrogen and oxygen atoms in total. The number of aromatic amines is 1. The maximum absolute atomic E-state index is 11.6. The van der Waals surface area contributed by atoms with Crippen molar-refractivity contribution in [2.75, 3.05) is 11.5 Å². The lowest BCUT2D eigenvalue weighted by Gasteiger charge is -2.19. The normalized spacial score (nSPS) is 12.3. The Hall–Kier alpha value is -2.50. The number of carbonyl (C=O) groups excluding carboxylic acids is 1. The maximum atomic E-state index is 11.6. The summed E-state index contributed by atoms with van der Waals surface area (Å²) in [5, 5.41) is 0. The molecule has 1 aromatic heterocycles. The van der Waals surface area contributed by atoms with Gasteiger partial charge in [-0.1, -0.05) is 6.92 Å². The van der Waals surface area contributed by atoms with E-state index in [4.69, 9.17) is 17.2 Å². The summed E-state index contributed by atoms with van der Waals surface area (Å²) in [4.78, 5) is 18.9. The Bertz CT molecular complexity index is 591. The van der Waals surface area contributed by atoms with Crippen molar-refractivity contribution < 1.29 is 4.79 Å². The van der Waals surface area contributed by atoms with E-state index in [1.54, 1.807) is 24.5 Å². The Morgan fingerprint density at radius 1 is 1.42 bits per heavy atom. The van der Waals surface area contributed by atoms with Crippen molar-refractivity contribution in [2.24, 2.45) is 5.73 Å². The van der Waals surface area contributed by atoms with Gasteiger partial charge in [0.2, 0.25) is 5.91 Å². The molecule has 0 radical (unpaired) electrons. The van der Waals surface area contributed by atoms with Crippen molar-refractivity contribution in [3.8, 4) is 0 Å². The van der Waals surface area contributed by atoms with Gasteiger partial charge in [0, 0.05) is 35.2 Å². The highest BCUT2D eigenvalue weighted by Crippen LogP contribution is 2.34. The first-order valence-electron chi connectivity index (χ1n) is 6.02. The molecule has 0 saturated carbocycles. The van der Waals surface area contributed by atoms with E-state index in [-0.39, 0.29) is 5.92 Å². The van der Waals surface area contributed by atoms with Gasteiger partial charge >= 0.3 is 0 Å². The van der Waals surface area contributed by atoms with Crippen molar-refractivity contribution >= 4 is 17.3 Å². The number of carbonyl (C=O) groups is 1. The van der Waals surface area contributed by atoms with Crippen LogP contribution in [-0.4, -0.2) is 15.9 Å². The molecule has 0 saturated heterocycles. The first-order valence-corrected chi connectivity index (χ1v) is 6.02. The van der Waals surface area contributed by atoms with Crippen molar-refractivity contribution in [1.82, 2.24) is 9.97 Å². The second-order valence-electron chi connectivity index (χ2n) is 4.37. The fraction of sp³-hybridized carbons (Fsp3) is 0.231. The molecule has 19 heavy (non-hydrogen) atoms. The fourth-order valence-corrected chi connectivity index (χ4v) is 2.29. The fourth-order valence-electron chi connectivity index (χ4n) is 2.29. The smallest absolute Gasteiger partial charge is 0.249 e. The zero-order valence-electron chi connectivity index (χ0n) is 10.7. The molecule has 1 heterocycles.